The van der Waals surface area contributed by atoms with Crippen molar-refractivity contribution in [3.8, 4) is 0 Å². The fourth-order valence-corrected chi connectivity index (χ4v) is 2.65. The molecule has 1 aliphatic rings. The number of aromatic nitrogens is 5. The van der Waals surface area contributed by atoms with Crippen molar-refractivity contribution in [3.63, 3.8) is 0 Å². The third-order valence-electron chi connectivity index (χ3n) is 3.93. The van der Waals surface area contributed by atoms with Crippen LogP contribution in [0.2, 0.25) is 0 Å². The smallest absolute Gasteiger partial charge is 0.360 e. The molecule has 7 heteroatoms. The van der Waals surface area contributed by atoms with E-state index in [1.165, 1.54) is 18.4 Å². The summed E-state index contributed by atoms with van der Waals surface area (Å²) in [5, 5.41) is 12.3. The Labute approximate surface area is 132 Å². The standard InChI is InChI=1S/C16H17N5O2/c1-2-23-16(22)15-10-20(19-17-15)9-13-8-14-7-12(11-3-4-11)5-6-21(14)18-13/h5-8,10-11H,2-4,9H2,1H3. The van der Waals surface area contributed by atoms with Crippen molar-refractivity contribution in [1.29, 1.82) is 0 Å². The zero-order chi connectivity index (χ0) is 15.8. The van der Waals surface area contributed by atoms with Gasteiger partial charge < -0.3 is 4.74 Å². The summed E-state index contributed by atoms with van der Waals surface area (Å²) in [5.74, 6) is 0.267. The molecule has 3 heterocycles. The van der Waals surface area contributed by atoms with Crippen LogP contribution in [0.15, 0.2) is 30.6 Å². The first kappa shape index (κ1) is 13.9. The number of ether oxygens (including phenoxy) is 1. The number of hydrogen-bond acceptors (Lipinski definition) is 5. The van der Waals surface area contributed by atoms with E-state index in [0.717, 1.165) is 17.1 Å². The average Bonchev–Trinajstić information content (AvgIpc) is 3.15. The number of carbonyl (C=O) groups excluding carboxylic acids is 1. The van der Waals surface area contributed by atoms with E-state index in [0.29, 0.717) is 13.2 Å². The first-order valence-corrected chi connectivity index (χ1v) is 7.78. The number of pyridine rings is 1. The summed E-state index contributed by atoms with van der Waals surface area (Å²) < 4.78 is 8.37. The average molecular weight is 311 g/mol. The van der Waals surface area contributed by atoms with Gasteiger partial charge in [-0.05, 0) is 49.4 Å². The van der Waals surface area contributed by atoms with Gasteiger partial charge in [0.05, 0.1) is 30.6 Å². The molecular formula is C16H17N5O2. The SMILES string of the molecule is CCOC(=O)c1cn(Cc2cc3cc(C4CC4)ccn3n2)nn1. The van der Waals surface area contributed by atoms with Crippen LogP contribution in [-0.4, -0.2) is 37.2 Å². The van der Waals surface area contributed by atoms with Crippen molar-refractivity contribution < 1.29 is 9.53 Å². The monoisotopic (exact) mass is 311 g/mol. The molecule has 0 amide bonds. The third kappa shape index (κ3) is 2.81. The molecular weight excluding hydrogens is 294 g/mol. The van der Waals surface area contributed by atoms with Gasteiger partial charge in [0.25, 0.3) is 0 Å². The van der Waals surface area contributed by atoms with Crippen LogP contribution in [0.5, 0.6) is 0 Å². The quantitative estimate of drug-likeness (QED) is 0.674. The van der Waals surface area contributed by atoms with Crippen LogP contribution in [0, 0.1) is 0 Å². The van der Waals surface area contributed by atoms with E-state index in [4.69, 9.17) is 4.74 Å². The zero-order valence-electron chi connectivity index (χ0n) is 12.8. The molecule has 0 bridgehead atoms. The van der Waals surface area contributed by atoms with E-state index in [9.17, 15) is 4.79 Å². The molecule has 3 aromatic rings. The van der Waals surface area contributed by atoms with Crippen molar-refractivity contribution in [2.45, 2.75) is 32.2 Å². The molecule has 23 heavy (non-hydrogen) atoms. The second-order valence-electron chi connectivity index (χ2n) is 5.76. The van der Waals surface area contributed by atoms with Crippen LogP contribution in [0.1, 0.15) is 47.4 Å². The highest BCUT2D eigenvalue weighted by molar-refractivity contribution is 5.86. The minimum absolute atomic E-state index is 0.214. The number of carbonyl (C=O) groups is 1. The Kier molecular flexibility index (Phi) is 3.33. The first-order chi connectivity index (χ1) is 11.2. The van der Waals surface area contributed by atoms with E-state index in [1.54, 1.807) is 17.8 Å². The number of nitrogens with zero attached hydrogens (tertiary/aromatic N) is 5. The highest BCUT2D eigenvalue weighted by atomic mass is 16.5. The molecule has 0 spiro atoms. The summed E-state index contributed by atoms with van der Waals surface area (Å²) in [4.78, 5) is 11.6. The number of hydrogen-bond donors (Lipinski definition) is 0. The third-order valence-corrected chi connectivity index (χ3v) is 3.93. The first-order valence-electron chi connectivity index (χ1n) is 7.78. The molecule has 118 valence electrons. The fraction of sp³-hybridized carbons (Fsp3) is 0.375. The van der Waals surface area contributed by atoms with Gasteiger partial charge in [-0.25, -0.2) is 14.0 Å². The normalized spacial score (nSPS) is 14.3. The Morgan fingerprint density at radius 3 is 3.04 bits per heavy atom. The second-order valence-corrected chi connectivity index (χ2v) is 5.76. The molecule has 4 rings (SSSR count). The van der Waals surface area contributed by atoms with E-state index in [2.05, 4.69) is 27.5 Å². The van der Waals surface area contributed by atoms with Crippen molar-refractivity contribution in [2.75, 3.05) is 6.61 Å². The lowest BCUT2D eigenvalue weighted by Gasteiger charge is -1.98. The molecule has 1 aliphatic carbocycles. The molecule has 0 atom stereocenters. The molecule has 0 aromatic carbocycles. The molecule has 0 radical (unpaired) electrons. The maximum absolute atomic E-state index is 11.6. The molecule has 1 fully saturated rings. The molecule has 1 saturated carbocycles. The van der Waals surface area contributed by atoms with Crippen LogP contribution in [-0.2, 0) is 11.3 Å². The molecule has 0 aliphatic heterocycles. The van der Waals surface area contributed by atoms with E-state index >= 15 is 0 Å². The van der Waals surface area contributed by atoms with Gasteiger partial charge in [0.2, 0.25) is 0 Å². The highest BCUT2D eigenvalue weighted by Gasteiger charge is 2.23. The molecule has 7 nitrogen and oxygen atoms in total. The van der Waals surface area contributed by atoms with Crippen LogP contribution in [0.25, 0.3) is 5.52 Å². The molecule has 0 N–H and O–H groups in total. The van der Waals surface area contributed by atoms with Crippen molar-refractivity contribution in [2.24, 2.45) is 0 Å². The maximum atomic E-state index is 11.6. The summed E-state index contributed by atoms with van der Waals surface area (Å²) >= 11 is 0. The second kappa shape index (κ2) is 5.49. The Morgan fingerprint density at radius 2 is 2.26 bits per heavy atom. The molecule has 3 aromatic heterocycles. The van der Waals surface area contributed by atoms with Gasteiger partial charge in [-0.1, -0.05) is 5.21 Å². The molecule has 0 saturated heterocycles. The summed E-state index contributed by atoms with van der Waals surface area (Å²) in [6.07, 6.45) is 6.15. The lowest BCUT2D eigenvalue weighted by atomic mass is 10.1. The van der Waals surface area contributed by atoms with Gasteiger partial charge in [0.1, 0.15) is 0 Å². The van der Waals surface area contributed by atoms with E-state index in [1.807, 2.05) is 16.8 Å². The fourth-order valence-electron chi connectivity index (χ4n) is 2.65. The lowest BCUT2D eigenvalue weighted by Crippen LogP contribution is -2.05. The Bertz CT molecular complexity index is 862. The van der Waals surface area contributed by atoms with Crippen molar-refractivity contribution >= 4 is 11.5 Å². The van der Waals surface area contributed by atoms with Gasteiger partial charge in [0, 0.05) is 6.20 Å². The Morgan fingerprint density at radius 1 is 1.39 bits per heavy atom. The van der Waals surface area contributed by atoms with Crippen LogP contribution in [0.3, 0.4) is 0 Å². The van der Waals surface area contributed by atoms with Gasteiger partial charge in [-0.15, -0.1) is 5.10 Å². The zero-order valence-corrected chi connectivity index (χ0v) is 12.8. The number of esters is 1. The predicted octanol–water partition coefficient (Wildman–Crippen LogP) is 2.03. The minimum Gasteiger partial charge on any atom is -0.461 e. The number of fused-ring (bicyclic) bond motifs is 1. The van der Waals surface area contributed by atoms with Gasteiger partial charge in [-0.3, -0.25) is 0 Å². The van der Waals surface area contributed by atoms with Crippen molar-refractivity contribution in [1.82, 2.24) is 24.6 Å². The maximum Gasteiger partial charge on any atom is 0.360 e. The largest absolute Gasteiger partial charge is 0.461 e. The van der Waals surface area contributed by atoms with Gasteiger partial charge in [0.15, 0.2) is 5.69 Å². The predicted molar refractivity (Wildman–Crippen MR) is 82.2 cm³/mol. The summed E-state index contributed by atoms with van der Waals surface area (Å²) in [6, 6.07) is 6.37. The summed E-state index contributed by atoms with van der Waals surface area (Å²) in [6.45, 7) is 2.54. The summed E-state index contributed by atoms with van der Waals surface area (Å²) in [5.41, 5.74) is 3.55. The Balaban J connectivity index is 1.54. The highest BCUT2D eigenvalue weighted by Crippen LogP contribution is 2.40. The van der Waals surface area contributed by atoms with Crippen LogP contribution in [0.4, 0.5) is 0 Å². The van der Waals surface area contributed by atoms with Gasteiger partial charge in [-0.2, -0.15) is 5.10 Å². The van der Waals surface area contributed by atoms with Crippen LogP contribution < -0.4 is 0 Å². The van der Waals surface area contributed by atoms with Gasteiger partial charge >= 0.3 is 5.97 Å². The lowest BCUT2D eigenvalue weighted by molar-refractivity contribution is 0.0519. The topological polar surface area (TPSA) is 74.3 Å². The summed E-state index contributed by atoms with van der Waals surface area (Å²) in [7, 11) is 0. The van der Waals surface area contributed by atoms with Crippen molar-refractivity contribution in [3.05, 3.63) is 47.5 Å². The Hall–Kier alpha value is -2.70. The van der Waals surface area contributed by atoms with Crippen LogP contribution >= 0.6 is 0 Å². The number of rotatable bonds is 5. The minimum atomic E-state index is -0.456. The van der Waals surface area contributed by atoms with E-state index in [-0.39, 0.29) is 5.69 Å². The van der Waals surface area contributed by atoms with E-state index < -0.39 is 5.97 Å². The molecule has 0 unspecified atom stereocenters.